The number of halogens is 1. The molecule has 0 aliphatic rings. The summed E-state index contributed by atoms with van der Waals surface area (Å²) in [6.45, 7) is 0. The van der Waals surface area contributed by atoms with Crippen LogP contribution in [0.3, 0.4) is 0 Å². The molecular weight excluding hydrogens is 240 g/mol. The topological polar surface area (TPSA) is 69.9 Å². The molecule has 3 aromatic rings. The van der Waals surface area contributed by atoms with Gasteiger partial charge in [0.05, 0.1) is 5.52 Å². The number of hydrogen-bond acceptors (Lipinski definition) is 4. The summed E-state index contributed by atoms with van der Waals surface area (Å²) >= 11 is 6.04. The van der Waals surface area contributed by atoms with Crippen molar-refractivity contribution < 1.29 is 4.52 Å². The van der Waals surface area contributed by atoms with Gasteiger partial charge in [0, 0.05) is 24.1 Å². The van der Waals surface area contributed by atoms with E-state index >= 15 is 0 Å². The lowest BCUT2D eigenvalue weighted by molar-refractivity contribution is 0.436. The molecular formula is C11H9ClN4O. The number of anilines is 1. The standard InChI is InChI=1S/C11H9ClN4O/c1-16-8-3-2-6(4-7(8)11(12)14-16)9-5-10(13)15-17-9/h2-5H,1H3,(H2,13,15). The van der Waals surface area contributed by atoms with E-state index in [2.05, 4.69) is 10.3 Å². The molecule has 0 fully saturated rings. The third-order valence-electron chi connectivity index (χ3n) is 2.62. The number of rotatable bonds is 1. The van der Waals surface area contributed by atoms with E-state index < -0.39 is 0 Å². The molecule has 86 valence electrons. The molecule has 0 amide bonds. The van der Waals surface area contributed by atoms with Crippen LogP contribution in [-0.4, -0.2) is 14.9 Å². The van der Waals surface area contributed by atoms with E-state index in [4.69, 9.17) is 21.9 Å². The van der Waals surface area contributed by atoms with Crippen molar-refractivity contribution in [2.75, 3.05) is 5.73 Å². The van der Waals surface area contributed by atoms with Gasteiger partial charge in [-0.15, -0.1) is 0 Å². The summed E-state index contributed by atoms with van der Waals surface area (Å²) in [6.07, 6.45) is 0. The molecule has 0 saturated carbocycles. The van der Waals surface area contributed by atoms with Gasteiger partial charge in [-0.1, -0.05) is 16.8 Å². The normalized spacial score (nSPS) is 11.2. The summed E-state index contributed by atoms with van der Waals surface area (Å²) < 4.78 is 6.83. The summed E-state index contributed by atoms with van der Waals surface area (Å²) in [5.41, 5.74) is 7.35. The largest absolute Gasteiger partial charge is 0.381 e. The molecule has 0 unspecified atom stereocenters. The average molecular weight is 249 g/mol. The van der Waals surface area contributed by atoms with E-state index in [0.29, 0.717) is 16.7 Å². The Balaban J connectivity index is 2.22. The van der Waals surface area contributed by atoms with Gasteiger partial charge in [0.2, 0.25) is 0 Å². The van der Waals surface area contributed by atoms with E-state index in [-0.39, 0.29) is 0 Å². The summed E-state index contributed by atoms with van der Waals surface area (Å²) in [5, 5.41) is 9.14. The van der Waals surface area contributed by atoms with Gasteiger partial charge in [-0.05, 0) is 18.2 Å². The van der Waals surface area contributed by atoms with Crippen molar-refractivity contribution in [3.05, 3.63) is 29.4 Å². The number of benzene rings is 1. The molecule has 0 atom stereocenters. The molecule has 2 heterocycles. The second kappa shape index (κ2) is 3.49. The Morgan fingerprint density at radius 1 is 1.35 bits per heavy atom. The summed E-state index contributed by atoms with van der Waals surface area (Å²) in [5.74, 6) is 0.974. The van der Waals surface area contributed by atoms with Crippen molar-refractivity contribution in [3.8, 4) is 11.3 Å². The number of nitrogens with two attached hydrogens (primary N) is 1. The number of nitrogen functional groups attached to an aromatic ring is 1. The van der Waals surface area contributed by atoms with Crippen LogP contribution in [-0.2, 0) is 7.05 Å². The van der Waals surface area contributed by atoms with Crippen molar-refractivity contribution in [2.45, 2.75) is 0 Å². The zero-order valence-electron chi connectivity index (χ0n) is 9.01. The highest BCUT2D eigenvalue weighted by molar-refractivity contribution is 6.34. The minimum Gasteiger partial charge on any atom is -0.381 e. The van der Waals surface area contributed by atoms with Gasteiger partial charge >= 0.3 is 0 Å². The quantitative estimate of drug-likeness (QED) is 0.718. The van der Waals surface area contributed by atoms with Crippen LogP contribution < -0.4 is 5.73 Å². The lowest BCUT2D eigenvalue weighted by Crippen LogP contribution is -1.88. The smallest absolute Gasteiger partial charge is 0.169 e. The molecule has 0 bridgehead atoms. The Labute approximate surface area is 102 Å². The number of nitrogens with zero attached hydrogens (tertiary/aromatic N) is 3. The number of aryl methyl sites for hydroxylation is 1. The second-order valence-electron chi connectivity index (χ2n) is 3.76. The fourth-order valence-corrected chi connectivity index (χ4v) is 2.07. The van der Waals surface area contributed by atoms with Crippen LogP contribution in [0.2, 0.25) is 5.15 Å². The lowest BCUT2D eigenvalue weighted by Gasteiger charge is -1.97. The van der Waals surface area contributed by atoms with E-state index in [0.717, 1.165) is 16.5 Å². The first kappa shape index (κ1) is 10.2. The third kappa shape index (κ3) is 1.55. The molecule has 5 nitrogen and oxygen atoms in total. The van der Waals surface area contributed by atoms with Gasteiger partial charge in [0.25, 0.3) is 0 Å². The van der Waals surface area contributed by atoms with Crippen LogP contribution in [0, 0.1) is 0 Å². The minimum atomic E-state index is 0.359. The van der Waals surface area contributed by atoms with E-state index in [1.54, 1.807) is 10.7 Å². The number of fused-ring (bicyclic) bond motifs is 1. The Bertz CT molecular complexity index is 701. The van der Waals surface area contributed by atoms with E-state index in [1.165, 1.54) is 0 Å². The molecule has 2 aromatic heterocycles. The third-order valence-corrected chi connectivity index (χ3v) is 2.90. The average Bonchev–Trinajstić information content (AvgIpc) is 2.85. The monoisotopic (exact) mass is 248 g/mol. The highest BCUT2D eigenvalue weighted by atomic mass is 35.5. The van der Waals surface area contributed by atoms with Gasteiger partial charge in [-0.25, -0.2) is 0 Å². The second-order valence-corrected chi connectivity index (χ2v) is 4.12. The first-order valence-corrected chi connectivity index (χ1v) is 5.38. The van der Waals surface area contributed by atoms with E-state index in [1.807, 2.05) is 25.2 Å². The SMILES string of the molecule is Cn1nc(Cl)c2cc(-c3cc(N)no3)ccc21. The first-order chi connectivity index (χ1) is 8.15. The van der Waals surface area contributed by atoms with E-state index in [9.17, 15) is 0 Å². The molecule has 0 aliphatic carbocycles. The van der Waals surface area contributed by atoms with Crippen molar-refractivity contribution in [2.24, 2.45) is 7.05 Å². The van der Waals surface area contributed by atoms with Gasteiger partial charge < -0.3 is 10.3 Å². The lowest BCUT2D eigenvalue weighted by atomic mass is 10.1. The predicted octanol–water partition coefficient (Wildman–Crippen LogP) is 2.46. The molecule has 2 N–H and O–H groups in total. The maximum Gasteiger partial charge on any atom is 0.169 e. The number of hydrogen-bond donors (Lipinski definition) is 1. The van der Waals surface area contributed by atoms with Gasteiger partial charge in [-0.2, -0.15) is 5.10 Å². The molecule has 1 aromatic carbocycles. The van der Waals surface area contributed by atoms with Gasteiger partial charge in [0.1, 0.15) is 0 Å². The highest BCUT2D eigenvalue weighted by Crippen LogP contribution is 2.29. The first-order valence-electron chi connectivity index (χ1n) is 5.00. The van der Waals surface area contributed by atoms with Crippen LogP contribution >= 0.6 is 11.6 Å². The Morgan fingerprint density at radius 2 is 2.18 bits per heavy atom. The molecule has 6 heteroatoms. The zero-order valence-corrected chi connectivity index (χ0v) is 9.77. The van der Waals surface area contributed by atoms with Crippen LogP contribution in [0.15, 0.2) is 28.8 Å². The van der Waals surface area contributed by atoms with Gasteiger partial charge in [0.15, 0.2) is 16.7 Å². The van der Waals surface area contributed by atoms with Crippen LogP contribution in [0.4, 0.5) is 5.82 Å². The Hall–Kier alpha value is -2.01. The fraction of sp³-hybridized carbons (Fsp3) is 0.0909. The molecule has 0 radical (unpaired) electrons. The molecule has 17 heavy (non-hydrogen) atoms. The summed E-state index contributed by atoms with van der Waals surface area (Å²) in [6, 6.07) is 7.43. The maximum atomic E-state index is 6.04. The Kier molecular flexibility index (Phi) is 2.09. The van der Waals surface area contributed by atoms with Crippen LogP contribution in [0.5, 0.6) is 0 Å². The van der Waals surface area contributed by atoms with Crippen molar-refractivity contribution in [1.82, 2.24) is 14.9 Å². The minimum absolute atomic E-state index is 0.359. The van der Waals surface area contributed by atoms with Crippen molar-refractivity contribution >= 4 is 28.3 Å². The van der Waals surface area contributed by atoms with Crippen molar-refractivity contribution in [1.29, 1.82) is 0 Å². The Morgan fingerprint density at radius 3 is 2.88 bits per heavy atom. The van der Waals surface area contributed by atoms with Gasteiger partial charge in [-0.3, -0.25) is 4.68 Å². The highest BCUT2D eigenvalue weighted by Gasteiger charge is 2.10. The van der Waals surface area contributed by atoms with Crippen LogP contribution in [0.1, 0.15) is 0 Å². The fourth-order valence-electron chi connectivity index (χ4n) is 1.80. The molecule has 0 saturated heterocycles. The molecule has 3 rings (SSSR count). The maximum absolute atomic E-state index is 6.04. The molecule has 0 aliphatic heterocycles. The molecule has 0 spiro atoms. The summed E-state index contributed by atoms with van der Waals surface area (Å²) in [7, 11) is 1.85. The van der Waals surface area contributed by atoms with Crippen molar-refractivity contribution in [3.63, 3.8) is 0 Å². The summed E-state index contributed by atoms with van der Waals surface area (Å²) in [4.78, 5) is 0. The predicted molar refractivity (Wildman–Crippen MR) is 65.6 cm³/mol. The zero-order chi connectivity index (χ0) is 12.0. The van der Waals surface area contributed by atoms with Crippen LogP contribution in [0.25, 0.3) is 22.2 Å². The number of aromatic nitrogens is 3.